The van der Waals surface area contributed by atoms with E-state index in [4.69, 9.17) is 16.3 Å². The van der Waals surface area contributed by atoms with Crippen molar-refractivity contribution in [1.82, 2.24) is 0 Å². The number of carbonyl (C=O) groups is 2. The summed E-state index contributed by atoms with van der Waals surface area (Å²) in [5.74, 6) is -0.426. The molecular weight excluding hydrogens is 544 g/mol. The molecule has 31 heavy (non-hydrogen) atoms. The first-order valence-corrected chi connectivity index (χ1v) is 11.9. The first-order chi connectivity index (χ1) is 14.9. The Morgan fingerprint density at radius 3 is 1.97 bits per heavy atom. The number of hydrogen-bond donors (Lipinski definition) is 0. The smallest absolute Gasteiger partial charge is 0.323 e. The number of ether oxygens (including phenoxy) is 1. The highest BCUT2D eigenvalue weighted by atomic mass is 79.9. The number of halogens is 3. The minimum absolute atomic E-state index is 0.129. The van der Waals surface area contributed by atoms with Crippen LogP contribution in [0, 0.1) is 0 Å². The molecule has 3 aromatic rings. The maximum absolute atomic E-state index is 13.8. The van der Waals surface area contributed by atoms with Gasteiger partial charge in [-0.3, -0.25) is 9.59 Å². The summed E-state index contributed by atoms with van der Waals surface area (Å²) in [7, 11) is 0. The van der Waals surface area contributed by atoms with Gasteiger partial charge in [-0.05, 0) is 53.6 Å². The lowest BCUT2D eigenvalue weighted by Gasteiger charge is -2.45. The van der Waals surface area contributed by atoms with Gasteiger partial charge in [0.2, 0.25) is 0 Å². The van der Waals surface area contributed by atoms with Gasteiger partial charge in [0, 0.05) is 44.2 Å². The van der Waals surface area contributed by atoms with Gasteiger partial charge >= 0.3 is 5.97 Å². The maximum atomic E-state index is 13.8. The minimum atomic E-state index is -1.05. The fourth-order valence-electron chi connectivity index (χ4n) is 5.18. The Labute approximate surface area is 202 Å². The largest absolute Gasteiger partial charge is 0.425 e. The van der Waals surface area contributed by atoms with Gasteiger partial charge in [0.05, 0.1) is 0 Å². The van der Waals surface area contributed by atoms with Gasteiger partial charge in [0.1, 0.15) is 16.9 Å². The third-order valence-corrected chi connectivity index (χ3v) is 7.61. The second-order valence-electron chi connectivity index (χ2n) is 8.06. The second kappa shape index (κ2) is 7.88. The molecule has 3 aromatic carbocycles. The first kappa shape index (κ1) is 20.9. The third kappa shape index (κ3) is 3.38. The Morgan fingerprint density at radius 2 is 1.42 bits per heavy atom. The van der Waals surface area contributed by atoms with Gasteiger partial charge in [0.25, 0.3) is 0 Å². The lowest BCUT2D eigenvalue weighted by molar-refractivity contribution is -0.142. The summed E-state index contributed by atoms with van der Waals surface area (Å²) in [6.45, 7) is 0. The van der Waals surface area contributed by atoms with E-state index < -0.39 is 5.41 Å². The number of fused-ring (bicyclic) bond motifs is 2. The molecule has 1 fully saturated rings. The van der Waals surface area contributed by atoms with E-state index in [0.717, 1.165) is 25.6 Å². The van der Waals surface area contributed by atoms with E-state index in [2.05, 4.69) is 31.9 Å². The Balaban J connectivity index is 1.82. The molecule has 3 nitrogen and oxygen atoms in total. The van der Waals surface area contributed by atoms with Crippen LogP contribution in [-0.4, -0.2) is 11.8 Å². The predicted molar refractivity (Wildman–Crippen MR) is 127 cm³/mol. The molecule has 0 N–H and O–H groups in total. The molecule has 1 aliphatic carbocycles. The predicted octanol–water partition coefficient (Wildman–Crippen LogP) is 6.95. The van der Waals surface area contributed by atoms with Crippen molar-refractivity contribution in [1.29, 1.82) is 0 Å². The van der Waals surface area contributed by atoms with Crippen molar-refractivity contribution in [2.75, 3.05) is 0 Å². The molecule has 1 saturated carbocycles. The van der Waals surface area contributed by atoms with Crippen LogP contribution in [0.3, 0.4) is 0 Å². The topological polar surface area (TPSA) is 43.4 Å². The number of esters is 1. The highest BCUT2D eigenvalue weighted by molar-refractivity contribution is 9.10. The molecule has 0 radical (unpaired) electrons. The second-order valence-corrected chi connectivity index (χ2v) is 10.3. The Bertz CT molecular complexity index is 1170. The number of Topliss-reactive ketones (excluding diaryl/α,β-unsaturated/α-hetero) is 1. The SMILES string of the molecule is O=C1C[C@H](c2cccc(Br)c2)C2(C(=O)Oc3ccc(Cl)cc32)[C@@H](c2cccc(Br)c2)C1. The molecule has 2 aliphatic rings. The van der Waals surface area contributed by atoms with Gasteiger partial charge in [-0.15, -0.1) is 0 Å². The summed E-state index contributed by atoms with van der Waals surface area (Å²) < 4.78 is 7.62. The molecule has 5 rings (SSSR count). The molecule has 0 bridgehead atoms. The summed E-state index contributed by atoms with van der Waals surface area (Å²) in [6.07, 6.45) is 0.532. The average Bonchev–Trinajstić information content (AvgIpc) is 3.01. The molecular formula is C25H17Br2ClO3. The van der Waals surface area contributed by atoms with Crippen LogP contribution in [0.2, 0.25) is 5.02 Å². The molecule has 0 amide bonds. The van der Waals surface area contributed by atoms with Gasteiger partial charge in [-0.25, -0.2) is 0 Å². The maximum Gasteiger partial charge on any atom is 0.323 e. The van der Waals surface area contributed by atoms with E-state index in [1.165, 1.54) is 0 Å². The fraction of sp³-hybridized carbons (Fsp3) is 0.200. The molecule has 1 aliphatic heterocycles. The van der Waals surface area contributed by atoms with E-state index in [0.29, 0.717) is 10.8 Å². The van der Waals surface area contributed by atoms with E-state index in [9.17, 15) is 9.59 Å². The molecule has 0 aromatic heterocycles. The summed E-state index contributed by atoms with van der Waals surface area (Å²) in [5.41, 5.74) is 1.56. The minimum Gasteiger partial charge on any atom is -0.425 e. The first-order valence-electron chi connectivity index (χ1n) is 9.94. The normalized spacial score (nSPS) is 21.8. The van der Waals surface area contributed by atoms with Crippen molar-refractivity contribution in [2.45, 2.75) is 30.1 Å². The molecule has 1 heterocycles. The number of carbonyl (C=O) groups excluding carboxylic acids is 2. The van der Waals surface area contributed by atoms with Crippen LogP contribution in [0.5, 0.6) is 5.75 Å². The van der Waals surface area contributed by atoms with Crippen LogP contribution in [-0.2, 0) is 15.0 Å². The van der Waals surface area contributed by atoms with E-state index in [1.54, 1.807) is 12.1 Å². The summed E-state index contributed by atoms with van der Waals surface area (Å²) in [4.78, 5) is 26.8. The van der Waals surface area contributed by atoms with Crippen molar-refractivity contribution >= 4 is 55.2 Å². The number of hydrogen-bond acceptors (Lipinski definition) is 3. The van der Waals surface area contributed by atoms with E-state index >= 15 is 0 Å². The van der Waals surface area contributed by atoms with E-state index in [1.807, 2.05) is 54.6 Å². The number of ketones is 1. The molecule has 0 unspecified atom stereocenters. The average molecular weight is 561 g/mol. The zero-order valence-electron chi connectivity index (χ0n) is 16.3. The van der Waals surface area contributed by atoms with E-state index in [-0.39, 0.29) is 36.4 Å². The van der Waals surface area contributed by atoms with Gasteiger partial charge in [-0.2, -0.15) is 0 Å². The van der Waals surface area contributed by atoms with Crippen molar-refractivity contribution in [2.24, 2.45) is 0 Å². The Morgan fingerprint density at radius 1 is 0.839 bits per heavy atom. The monoisotopic (exact) mass is 558 g/mol. The highest BCUT2D eigenvalue weighted by Gasteiger charge is 2.62. The fourth-order valence-corrected chi connectivity index (χ4v) is 6.19. The number of rotatable bonds is 2. The van der Waals surface area contributed by atoms with Crippen LogP contribution in [0.15, 0.2) is 75.7 Å². The quantitative estimate of drug-likeness (QED) is 0.252. The molecule has 6 heteroatoms. The third-order valence-electron chi connectivity index (χ3n) is 6.39. The Kier molecular flexibility index (Phi) is 5.32. The lowest BCUT2D eigenvalue weighted by Crippen LogP contribution is -2.49. The van der Waals surface area contributed by atoms with Gasteiger partial charge in [0.15, 0.2) is 0 Å². The molecule has 0 saturated heterocycles. The summed E-state index contributed by atoms with van der Waals surface area (Å²) in [6, 6.07) is 21.0. The lowest BCUT2D eigenvalue weighted by atomic mass is 9.54. The van der Waals surface area contributed by atoms with Crippen LogP contribution < -0.4 is 4.74 Å². The van der Waals surface area contributed by atoms with Crippen LogP contribution in [0.25, 0.3) is 0 Å². The number of benzene rings is 3. The standard InChI is InChI=1S/C25H17Br2ClO3/c26-16-5-1-3-14(9-16)20-12-19(29)13-21(15-4-2-6-17(27)10-15)25(20)22-11-18(28)7-8-23(22)31-24(25)30/h1-11,20-21H,12-13H2/t20-,21-/m1/s1. The summed E-state index contributed by atoms with van der Waals surface area (Å²) >= 11 is 13.5. The van der Waals surface area contributed by atoms with Crippen molar-refractivity contribution < 1.29 is 14.3 Å². The van der Waals surface area contributed by atoms with Crippen LogP contribution >= 0.6 is 43.5 Å². The Hall–Kier alpha value is -1.95. The zero-order valence-corrected chi connectivity index (χ0v) is 20.2. The summed E-state index contributed by atoms with van der Waals surface area (Å²) in [5, 5.41) is 0.536. The molecule has 156 valence electrons. The van der Waals surface area contributed by atoms with Crippen LogP contribution in [0.1, 0.15) is 41.4 Å². The van der Waals surface area contributed by atoms with Crippen molar-refractivity contribution in [3.63, 3.8) is 0 Å². The zero-order chi connectivity index (χ0) is 21.8. The molecule has 1 spiro atoms. The molecule has 2 atom stereocenters. The highest BCUT2D eigenvalue weighted by Crippen LogP contribution is 2.61. The van der Waals surface area contributed by atoms with Crippen molar-refractivity contribution in [3.8, 4) is 5.75 Å². The van der Waals surface area contributed by atoms with Gasteiger partial charge in [-0.1, -0.05) is 67.7 Å². The van der Waals surface area contributed by atoms with Crippen molar-refractivity contribution in [3.05, 3.63) is 97.4 Å². The van der Waals surface area contributed by atoms with Gasteiger partial charge < -0.3 is 4.74 Å². The van der Waals surface area contributed by atoms with Crippen LogP contribution in [0.4, 0.5) is 0 Å².